The summed E-state index contributed by atoms with van der Waals surface area (Å²) in [6.45, 7) is 8.57. The molecule has 0 aromatic heterocycles. The Morgan fingerprint density at radius 1 is 1.12 bits per heavy atom. The minimum absolute atomic E-state index is 0. The molecule has 0 spiro atoms. The van der Waals surface area contributed by atoms with E-state index in [1.165, 1.54) is 44.5 Å². The third kappa shape index (κ3) is 9.66. The van der Waals surface area contributed by atoms with Crippen molar-refractivity contribution in [2.24, 2.45) is 4.99 Å². The van der Waals surface area contributed by atoms with Gasteiger partial charge in [-0.25, -0.2) is 0 Å². The molecular weight excluding hydrogens is 447 g/mol. The first-order valence-corrected chi connectivity index (χ1v) is 9.64. The maximum Gasteiger partial charge on any atom is 0.191 e. The fourth-order valence-corrected chi connectivity index (χ4v) is 3.09. The maximum absolute atomic E-state index is 5.91. The van der Waals surface area contributed by atoms with Crippen LogP contribution in [0.4, 0.5) is 0 Å². The third-order valence-electron chi connectivity index (χ3n) is 4.31. The normalized spacial score (nSPS) is 15.0. The van der Waals surface area contributed by atoms with Crippen LogP contribution in [0.15, 0.2) is 29.3 Å². The molecular formula is C19H32ClIN4. The maximum atomic E-state index is 5.91. The van der Waals surface area contributed by atoms with Gasteiger partial charge in [0.1, 0.15) is 0 Å². The number of benzene rings is 1. The van der Waals surface area contributed by atoms with Crippen LogP contribution in [0.3, 0.4) is 0 Å². The molecule has 1 aliphatic rings. The van der Waals surface area contributed by atoms with Gasteiger partial charge in [0.05, 0.1) is 0 Å². The standard InChI is InChI=1S/C19H31ClN4.HI/c1-2-21-19(22-12-3-4-14-24-15-5-6-16-24)23-13-11-17-7-9-18(20)10-8-17;/h7-10H,2-6,11-16H2,1H3,(H2,21,22,23);1H. The van der Waals surface area contributed by atoms with Crippen molar-refractivity contribution >= 4 is 41.5 Å². The second-order valence-corrected chi connectivity index (χ2v) is 6.76. The minimum atomic E-state index is 0. The van der Waals surface area contributed by atoms with E-state index in [-0.39, 0.29) is 24.0 Å². The average Bonchev–Trinajstić information content (AvgIpc) is 3.10. The summed E-state index contributed by atoms with van der Waals surface area (Å²) in [5.41, 5.74) is 1.29. The lowest BCUT2D eigenvalue weighted by atomic mass is 10.1. The zero-order chi connectivity index (χ0) is 17.0. The molecule has 0 bridgehead atoms. The predicted octanol–water partition coefficient (Wildman–Crippen LogP) is 3.93. The summed E-state index contributed by atoms with van der Waals surface area (Å²) in [6, 6.07) is 8.03. The van der Waals surface area contributed by atoms with Crippen LogP contribution in [-0.4, -0.2) is 50.1 Å². The van der Waals surface area contributed by atoms with Crippen molar-refractivity contribution in [2.45, 2.75) is 39.0 Å². The predicted molar refractivity (Wildman–Crippen MR) is 119 cm³/mol. The Balaban J connectivity index is 0.00000312. The highest BCUT2D eigenvalue weighted by atomic mass is 127. The van der Waals surface area contributed by atoms with Crippen molar-refractivity contribution in [3.05, 3.63) is 34.9 Å². The van der Waals surface area contributed by atoms with Crippen molar-refractivity contribution in [3.8, 4) is 0 Å². The Morgan fingerprint density at radius 3 is 2.52 bits per heavy atom. The number of nitrogens with one attached hydrogen (secondary N) is 2. The van der Waals surface area contributed by atoms with Gasteiger partial charge in [-0.1, -0.05) is 23.7 Å². The minimum Gasteiger partial charge on any atom is -0.357 e. The lowest BCUT2D eigenvalue weighted by molar-refractivity contribution is 0.331. The van der Waals surface area contributed by atoms with Gasteiger partial charge in [-0.3, -0.25) is 4.99 Å². The first-order chi connectivity index (χ1) is 11.8. The Hall–Kier alpha value is -0.530. The van der Waals surface area contributed by atoms with E-state index in [1.807, 2.05) is 12.1 Å². The molecule has 1 heterocycles. The van der Waals surface area contributed by atoms with Gasteiger partial charge in [-0.05, 0) is 76.4 Å². The number of nitrogens with zero attached hydrogens (tertiary/aromatic N) is 2. The Labute approximate surface area is 174 Å². The van der Waals surface area contributed by atoms with Gasteiger partial charge in [0, 0.05) is 24.7 Å². The topological polar surface area (TPSA) is 39.7 Å². The molecule has 0 aliphatic carbocycles. The third-order valence-corrected chi connectivity index (χ3v) is 4.57. The number of guanidine groups is 1. The van der Waals surface area contributed by atoms with Gasteiger partial charge in [0.15, 0.2) is 5.96 Å². The molecule has 1 saturated heterocycles. The second-order valence-electron chi connectivity index (χ2n) is 6.32. The molecule has 25 heavy (non-hydrogen) atoms. The van der Waals surface area contributed by atoms with Crippen molar-refractivity contribution in [3.63, 3.8) is 0 Å². The number of hydrogen-bond acceptors (Lipinski definition) is 2. The van der Waals surface area contributed by atoms with E-state index in [0.717, 1.165) is 43.5 Å². The highest BCUT2D eigenvalue weighted by molar-refractivity contribution is 14.0. The van der Waals surface area contributed by atoms with E-state index >= 15 is 0 Å². The lowest BCUT2D eigenvalue weighted by Crippen LogP contribution is -2.38. The molecule has 2 N–H and O–H groups in total. The average molecular weight is 479 g/mol. The molecule has 142 valence electrons. The zero-order valence-corrected chi connectivity index (χ0v) is 18.4. The molecule has 6 heteroatoms. The number of rotatable bonds is 9. The van der Waals surface area contributed by atoms with Crippen LogP contribution in [0.1, 0.15) is 38.2 Å². The quantitative estimate of drug-likeness (QED) is 0.244. The van der Waals surface area contributed by atoms with E-state index in [2.05, 4.69) is 39.6 Å². The molecule has 0 amide bonds. The summed E-state index contributed by atoms with van der Waals surface area (Å²) >= 11 is 5.91. The van der Waals surface area contributed by atoms with Crippen LogP contribution in [0.5, 0.6) is 0 Å². The van der Waals surface area contributed by atoms with Gasteiger partial charge in [0.25, 0.3) is 0 Å². The van der Waals surface area contributed by atoms with Crippen molar-refractivity contribution in [1.82, 2.24) is 15.5 Å². The summed E-state index contributed by atoms with van der Waals surface area (Å²) in [7, 11) is 0. The summed E-state index contributed by atoms with van der Waals surface area (Å²) in [5, 5.41) is 7.52. The fraction of sp³-hybridized carbons (Fsp3) is 0.632. The van der Waals surface area contributed by atoms with Gasteiger partial charge in [0.2, 0.25) is 0 Å². The van der Waals surface area contributed by atoms with Crippen LogP contribution in [-0.2, 0) is 6.42 Å². The number of halogens is 2. The van der Waals surface area contributed by atoms with E-state index < -0.39 is 0 Å². The van der Waals surface area contributed by atoms with Crippen molar-refractivity contribution in [2.75, 3.05) is 39.3 Å². The Kier molecular flexibility index (Phi) is 12.3. The van der Waals surface area contributed by atoms with Gasteiger partial charge in [-0.15, -0.1) is 24.0 Å². The van der Waals surface area contributed by atoms with Crippen LogP contribution >= 0.6 is 35.6 Å². The molecule has 0 radical (unpaired) electrons. The molecule has 4 nitrogen and oxygen atoms in total. The molecule has 1 aromatic rings. The largest absolute Gasteiger partial charge is 0.357 e. The fourth-order valence-electron chi connectivity index (χ4n) is 2.96. The van der Waals surface area contributed by atoms with E-state index in [4.69, 9.17) is 11.6 Å². The molecule has 0 unspecified atom stereocenters. The van der Waals surface area contributed by atoms with Crippen molar-refractivity contribution < 1.29 is 0 Å². The molecule has 0 saturated carbocycles. The van der Waals surface area contributed by atoms with E-state index in [1.54, 1.807) is 0 Å². The molecule has 1 fully saturated rings. The van der Waals surface area contributed by atoms with Crippen LogP contribution in [0, 0.1) is 0 Å². The smallest absolute Gasteiger partial charge is 0.191 e. The van der Waals surface area contributed by atoms with Crippen LogP contribution in [0.25, 0.3) is 0 Å². The SMILES string of the molecule is CCNC(=NCCCCN1CCCC1)NCCc1ccc(Cl)cc1.I. The molecule has 0 atom stereocenters. The summed E-state index contributed by atoms with van der Waals surface area (Å²) in [4.78, 5) is 7.25. The van der Waals surface area contributed by atoms with E-state index in [0.29, 0.717) is 0 Å². The Morgan fingerprint density at radius 2 is 1.84 bits per heavy atom. The molecule has 2 rings (SSSR count). The number of likely N-dealkylation sites (tertiary alicyclic amines) is 1. The zero-order valence-electron chi connectivity index (χ0n) is 15.3. The number of unbranched alkanes of at least 4 members (excludes halogenated alkanes) is 1. The van der Waals surface area contributed by atoms with Gasteiger partial charge >= 0.3 is 0 Å². The summed E-state index contributed by atoms with van der Waals surface area (Å²) in [5.74, 6) is 0.924. The number of hydrogen-bond donors (Lipinski definition) is 2. The van der Waals surface area contributed by atoms with Crippen LogP contribution < -0.4 is 10.6 Å². The van der Waals surface area contributed by atoms with E-state index in [9.17, 15) is 0 Å². The highest BCUT2D eigenvalue weighted by Gasteiger charge is 2.09. The van der Waals surface area contributed by atoms with Gasteiger partial charge < -0.3 is 15.5 Å². The highest BCUT2D eigenvalue weighted by Crippen LogP contribution is 2.09. The summed E-state index contributed by atoms with van der Waals surface area (Å²) < 4.78 is 0. The monoisotopic (exact) mass is 478 g/mol. The Bertz CT molecular complexity index is 487. The second kappa shape index (κ2) is 13.6. The van der Waals surface area contributed by atoms with Crippen molar-refractivity contribution in [1.29, 1.82) is 0 Å². The van der Waals surface area contributed by atoms with Gasteiger partial charge in [-0.2, -0.15) is 0 Å². The summed E-state index contributed by atoms with van der Waals surface area (Å²) in [6.07, 6.45) is 6.12. The first kappa shape index (κ1) is 22.5. The van der Waals surface area contributed by atoms with Crippen LogP contribution in [0.2, 0.25) is 5.02 Å². The molecule has 1 aromatic carbocycles. The lowest BCUT2D eigenvalue weighted by Gasteiger charge is -2.14. The molecule has 1 aliphatic heterocycles. The first-order valence-electron chi connectivity index (χ1n) is 9.27. The number of aliphatic imine (C=N–C) groups is 1.